The molecule has 3 fully saturated rings. The van der Waals surface area contributed by atoms with Gasteiger partial charge in [-0.1, -0.05) is 12.1 Å². The van der Waals surface area contributed by atoms with E-state index in [1.165, 1.54) is 0 Å². The number of fused-ring (bicyclic) bond motifs is 2. The molecule has 2 unspecified atom stereocenters. The fourth-order valence-electron chi connectivity index (χ4n) is 3.89. The number of nitrogens with one attached hydrogen (secondary N) is 1. The van der Waals surface area contributed by atoms with E-state index >= 15 is 0 Å². The lowest BCUT2D eigenvalue weighted by molar-refractivity contribution is 0.0436. The first-order valence-corrected chi connectivity index (χ1v) is 8.84. The fraction of sp³-hybridized carbons (Fsp3) is 0.421. The number of anilines is 2. The van der Waals surface area contributed by atoms with Crippen molar-refractivity contribution in [2.75, 3.05) is 30.4 Å². The molecule has 0 radical (unpaired) electrons. The largest absolute Gasteiger partial charge is 0.495 e. The van der Waals surface area contributed by atoms with Crippen molar-refractivity contribution in [3.05, 3.63) is 41.9 Å². The lowest BCUT2D eigenvalue weighted by Gasteiger charge is -2.56. The first-order chi connectivity index (χ1) is 12.6. The molecular formula is C19H23N5O2. The summed E-state index contributed by atoms with van der Waals surface area (Å²) < 4.78 is 5.32. The molecule has 26 heavy (non-hydrogen) atoms. The summed E-state index contributed by atoms with van der Waals surface area (Å²) >= 11 is 0. The van der Waals surface area contributed by atoms with Gasteiger partial charge in [0.1, 0.15) is 17.9 Å². The number of carbonyl (C=O) groups is 1. The third-order valence-electron chi connectivity index (χ3n) is 5.39. The number of rotatable bonds is 3. The van der Waals surface area contributed by atoms with Crippen molar-refractivity contribution in [2.45, 2.75) is 32.4 Å². The van der Waals surface area contributed by atoms with Crippen molar-refractivity contribution in [3.63, 3.8) is 0 Å². The van der Waals surface area contributed by atoms with Gasteiger partial charge in [-0.25, -0.2) is 14.8 Å². The molecule has 7 nitrogen and oxygen atoms in total. The number of aryl methyl sites for hydroxylation is 1. The molecule has 2 aromatic rings. The molecule has 2 bridgehead atoms. The Morgan fingerprint density at radius 3 is 2.65 bits per heavy atom. The number of hydrogen-bond donors (Lipinski definition) is 1. The lowest BCUT2D eigenvalue weighted by Crippen LogP contribution is -2.71. The number of piperazine rings is 1. The number of ether oxygens (including phenoxy) is 1. The van der Waals surface area contributed by atoms with Gasteiger partial charge in [0.25, 0.3) is 0 Å². The van der Waals surface area contributed by atoms with Crippen LogP contribution in [0.2, 0.25) is 0 Å². The van der Waals surface area contributed by atoms with Crippen molar-refractivity contribution in [2.24, 2.45) is 0 Å². The number of carbonyl (C=O) groups excluding carboxylic acids is 1. The minimum atomic E-state index is -0.0639. The minimum absolute atomic E-state index is 0.0639. The quantitative estimate of drug-likeness (QED) is 0.918. The van der Waals surface area contributed by atoms with E-state index in [-0.39, 0.29) is 18.1 Å². The van der Waals surface area contributed by atoms with Gasteiger partial charge in [-0.3, -0.25) is 0 Å². The normalized spacial score (nSPS) is 21.2. The van der Waals surface area contributed by atoms with Crippen molar-refractivity contribution >= 4 is 17.5 Å². The van der Waals surface area contributed by atoms with Crippen molar-refractivity contribution in [1.29, 1.82) is 0 Å². The van der Waals surface area contributed by atoms with E-state index in [1.807, 2.05) is 36.1 Å². The summed E-state index contributed by atoms with van der Waals surface area (Å²) in [5, 5.41) is 2.98. The summed E-state index contributed by atoms with van der Waals surface area (Å²) in [5.41, 5.74) is 2.81. The van der Waals surface area contributed by atoms with Gasteiger partial charge in [0, 0.05) is 24.3 Å². The number of piperidine rings is 1. The average Bonchev–Trinajstić information content (AvgIpc) is 2.64. The first-order valence-electron chi connectivity index (χ1n) is 8.84. The summed E-state index contributed by atoms with van der Waals surface area (Å²) in [6.45, 7) is 5.65. The van der Waals surface area contributed by atoms with E-state index in [2.05, 4.69) is 27.1 Å². The summed E-state index contributed by atoms with van der Waals surface area (Å²) in [5.74, 6) is 1.65. The zero-order chi connectivity index (χ0) is 18.3. The lowest BCUT2D eigenvalue weighted by atomic mass is 9.87. The Hall–Kier alpha value is -2.83. The van der Waals surface area contributed by atoms with Gasteiger partial charge >= 0.3 is 6.03 Å². The molecule has 136 valence electrons. The van der Waals surface area contributed by atoms with Crippen LogP contribution in [0, 0.1) is 13.8 Å². The van der Waals surface area contributed by atoms with E-state index < -0.39 is 0 Å². The summed E-state index contributed by atoms with van der Waals surface area (Å²) in [4.78, 5) is 25.7. The predicted molar refractivity (Wildman–Crippen MR) is 99.8 cm³/mol. The van der Waals surface area contributed by atoms with Crippen LogP contribution in [-0.4, -0.2) is 53.2 Å². The third-order valence-corrected chi connectivity index (χ3v) is 5.39. The van der Waals surface area contributed by atoms with E-state index in [1.54, 1.807) is 13.4 Å². The number of aromatic nitrogens is 2. The maximum atomic E-state index is 12.8. The Morgan fingerprint density at radius 1 is 1.19 bits per heavy atom. The molecular weight excluding hydrogens is 330 g/mol. The topological polar surface area (TPSA) is 70.6 Å². The molecule has 2 amide bonds. The molecule has 3 aliphatic rings. The molecule has 0 spiro atoms. The number of benzene rings is 1. The van der Waals surface area contributed by atoms with Crippen molar-refractivity contribution in [1.82, 2.24) is 14.9 Å². The van der Waals surface area contributed by atoms with E-state index in [9.17, 15) is 4.79 Å². The molecule has 3 aliphatic heterocycles. The van der Waals surface area contributed by atoms with Gasteiger partial charge in [0.05, 0.1) is 24.9 Å². The molecule has 7 heteroatoms. The zero-order valence-electron chi connectivity index (χ0n) is 15.3. The number of methoxy groups -OCH3 is 1. The maximum Gasteiger partial charge on any atom is 0.322 e. The minimum Gasteiger partial charge on any atom is -0.495 e. The van der Waals surface area contributed by atoms with Crippen LogP contribution in [0.25, 0.3) is 0 Å². The van der Waals surface area contributed by atoms with Crippen molar-refractivity contribution in [3.8, 4) is 5.75 Å². The molecule has 1 aromatic heterocycles. The van der Waals surface area contributed by atoms with Gasteiger partial charge in [0.2, 0.25) is 0 Å². The Labute approximate surface area is 153 Å². The summed E-state index contributed by atoms with van der Waals surface area (Å²) in [6, 6.07) is 7.82. The third kappa shape index (κ3) is 2.73. The van der Waals surface area contributed by atoms with Crippen molar-refractivity contribution < 1.29 is 9.53 Å². The highest BCUT2D eigenvalue weighted by molar-refractivity contribution is 5.92. The summed E-state index contributed by atoms with van der Waals surface area (Å²) in [7, 11) is 1.60. The Bertz CT molecular complexity index is 828. The van der Waals surface area contributed by atoms with Crippen LogP contribution in [-0.2, 0) is 0 Å². The maximum absolute atomic E-state index is 12.8. The van der Waals surface area contributed by atoms with Gasteiger partial charge in [-0.05, 0) is 32.4 Å². The van der Waals surface area contributed by atoms with E-state index in [0.717, 1.165) is 36.6 Å². The smallest absolute Gasteiger partial charge is 0.322 e. The van der Waals surface area contributed by atoms with Gasteiger partial charge in [-0.2, -0.15) is 0 Å². The van der Waals surface area contributed by atoms with Crippen LogP contribution in [0.15, 0.2) is 30.6 Å². The second-order valence-electron chi connectivity index (χ2n) is 6.89. The monoisotopic (exact) mass is 353 g/mol. The Balaban J connectivity index is 1.46. The number of para-hydroxylation sites is 2. The molecule has 5 rings (SSSR count). The standard InChI is InChI=1S/C19H23N5O2/c1-12-13(2)20-11-21-18(12)23-9-14-8-15(10-23)24(14)19(25)22-16-6-4-5-7-17(16)26-3/h4-7,11,14-15H,8-10H2,1-3H3,(H,22,25). The van der Waals surface area contributed by atoms with Gasteiger partial charge < -0.3 is 19.9 Å². The number of urea groups is 1. The van der Waals surface area contributed by atoms with E-state index in [4.69, 9.17) is 4.74 Å². The average molecular weight is 353 g/mol. The van der Waals surface area contributed by atoms with Crippen LogP contribution in [0.3, 0.4) is 0 Å². The molecule has 0 saturated carbocycles. The molecule has 3 saturated heterocycles. The molecule has 4 heterocycles. The van der Waals surface area contributed by atoms with E-state index in [0.29, 0.717) is 11.4 Å². The highest BCUT2D eigenvalue weighted by Crippen LogP contribution is 2.36. The van der Waals surface area contributed by atoms with Crippen LogP contribution >= 0.6 is 0 Å². The highest BCUT2D eigenvalue weighted by Gasteiger charge is 2.48. The fourth-order valence-corrected chi connectivity index (χ4v) is 3.89. The van der Waals surface area contributed by atoms with Crippen LogP contribution < -0.4 is 15.0 Å². The van der Waals surface area contributed by atoms with Gasteiger partial charge in [-0.15, -0.1) is 0 Å². The molecule has 0 aliphatic carbocycles. The zero-order valence-corrected chi connectivity index (χ0v) is 15.3. The number of hydrogen-bond acceptors (Lipinski definition) is 5. The number of nitrogens with zero attached hydrogens (tertiary/aromatic N) is 4. The Morgan fingerprint density at radius 2 is 1.92 bits per heavy atom. The molecule has 1 aromatic carbocycles. The second-order valence-corrected chi connectivity index (χ2v) is 6.89. The highest BCUT2D eigenvalue weighted by atomic mass is 16.5. The van der Waals surface area contributed by atoms with Crippen LogP contribution in [0.5, 0.6) is 5.75 Å². The summed E-state index contributed by atoms with van der Waals surface area (Å²) in [6.07, 6.45) is 2.66. The SMILES string of the molecule is COc1ccccc1NC(=O)N1C2CC1CN(c1ncnc(C)c1C)C2. The molecule has 2 atom stereocenters. The number of amides is 2. The van der Waals surface area contributed by atoms with Crippen LogP contribution in [0.4, 0.5) is 16.3 Å². The molecule has 1 N–H and O–H groups in total. The van der Waals surface area contributed by atoms with Gasteiger partial charge in [0.15, 0.2) is 0 Å². The Kier molecular flexibility index (Phi) is 4.14. The van der Waals surface area contributed by atoms with Crippen LogP contribution in [0.1, 0.15) is 17.7 Å². The second kappa shape index (κ2) is 6.48. The predicted octanol–water partition coefficient (Wildman–Crippen LogP) is 2.60. The first kappa shape index (κ1) is 16.6.